The van der Waals surface area contributed by atoms with Gasteiger partial charge < -0.3 is 10.1 Å². The number of halogens is 3. The Balaban J connectivity index is 2.19. The van der Waals surface area contributed by atoms with Crippen molar-refractivity contribution in [3.05, 3.63) is 64.2 Å². The molecule has 0 saturated heterocycles. The number of ether oxygens (including phenoxy) is 1. The van der Waals surface area contributed by atoms with E-state index in [0.29, 0.717) is 0 Å². The van der Waals surface area contributed by atoms with Crippen LogP contribution in [0.3, 0.4) is 0 Å². The molecule has 2 aromatic carbocycles. The number of carbonyl (C=O) groups is 2. The fraction of sp³-hybridized carbons (Fsp3) is 0.0667. The van der Waals surface area contributed by atoms with E-state index >= 15 is 0 Å². The Bertz CT molecular complexity index is 819. The number of hydrogen-bond acceptors (Lipinski definition) is 5. The lowest BCUT2D eigenvalue weighted by Gasteiger charge is -2.12. The third kappa shape index (κ3) is 4.53. The molecule has 0 saturated carbocycles. The zero-order chi connectivity index (χ0) is 18.6. The number of benzene rings is 2. The number of nitrogens with zero attached hydrogens (tertiary/aromatic N) is 1. The quantitative estimate of drug-likeness (QED) is 0.393. The predicted molar refractivity (Wildman–Crippen MR) is 79.2 cm³/mol. The normalized spacial score (nSPS) is 10.8. The van der Waals surface area contributed by atoms with Crippen LogP contribution in [0.1, 0.15) is 10.4 Å². The summed E-state index contributed by atoms with van der Waals surface area (Å²) in [7, 11) is 0. The van der Waals surface area contributed by atoms with Crippen LogP contribution in [0.25, 0.3) is 0 Å². The molecule has 0 aliphatic heterocycles. The average molecular weight is 354 g/mol. The van der Waals surface area contributed by atoms with E-state index in [1.807, 2.05) is 0 Å². The lowest BCUT2D eigenvalue weighted by atomic mass is 10.1. The van der Waals surface area contributed by atoms with Gasteiger partial charge in [-0.25, -0.2) is 4.79 Å². The van der Waals surface area contributed by atoms with Crippen molar-refractivity contribution in [2.24, 2.45) is 0 Å². The molecular formula is C15H9F3N2O5. The smallest absolute Gasteiger partial charge is 0.423 e. The Morgan fingerprint density at radius 1 is 1.04 bits per heavy atom. The Morgan fingerprint density at radius 3 is 2.20 bits per heavy atom. The number of rotatable bonds is 4. The van der Waals surface area contributed by atoms with Gasteiger partial charge in [0.05, 0.1) is 16.2 Å². The molecule has 2 rings (SSSR count). The van der Waals surface area contributed by atoms with Crippen molar-refractivity contribution in [1.82, 2.24) is 0 Å². The van der Waals surface area contributed by atoms with E-state index in [0.717, 1.165) is 30.3 Å². The fourth-order valence-electron chi connectivity index (χ4n) is 1.76. The summed E-state index contributed by atoms with van der Waals surface area (Å²) >= 11 is 0. The van der Waals surface area contributed by atoms with E-state index < -0.39 is 23.0 Å². The van der Waals surface area contributed by atoms with E-state index in [-0.39, 0.29) is 22.7 Å². The summed E-state index contributed by atoms with van der Waals surface area (Å²) in [6.07, 6.45) is -5.12. The van der Waals surface area contributed by atoms with E-state index in [1.165, 1.54) is 18.2 Å². The molecule has 0 bridgehead atoms. The summed E-state index contributed by atoms with van der Waals surface area (Å²) in [6.45, 7) is 0. The van der Waals surface area contributed by atoms with Crippen LogP contribution in [0.4, 0.5) is 24.5 Å². The highest BCUT2D eigenvalue weighted by Crippen LogP contribution is 2.23. The predicted octanol–water partition coefficient (Wildman–Crippen LogP) is 3.31. The Kier molecular flexibility index (Phi) is 5.01. The molecule has 7 nitrogen and oxygen atoms in total. The summed E-state index contributed by atoms with van der Waals surface area (Å²) in [5, 5.41) is 12.1. The van der Waals surface area contributed by atoms with Crippen molar-refractivity contribution in [2.75, 3.05) is 5.32 Å². The fourth-order valence-corrected chi connectivity index (χ4v) is 1.76. The number of alkyl halides is 3. The lowest BCUT2D eigenvalue weighted by molar-refractivity contribution is -0.384. The van der Waals surface area contributed by atoms with Gasteiger partial charge in [0, 0.05) is 12.1 Å². The largest absolute Gasteiger partial charge is 0.471 e. The molecule has 0 fully saturated rings. The Hall–Kier alpha value is -3.43. The molecule has 0 aliphatic carbocycles. The number of para-hydroxylation sites is 1. The molecule has 0 aliphatic rings. The van der Waals surface area contributed by atoms with E-state index in [1.54, 1.807) is 5.32 Å². The molecule has 0 radical (unpaired) electrons. The van der Waals surface area contributed by atoms with Gasteiger partial charge in [-0.2, -0.15) is 13.2 Å². The van der Waals surface area contributed by atoms with Gasteiger partial charge in [0.25, 0.3) is 5.69 Å². The van der Waals surface area contributed by atoms with Gasteiger partial charge in [0.1, 0.15) is 5.75 Å². The standard InChI is InChI=1S/C15H9F3N2O5/c16-15(17,18)14(22)19-12-4-2-1-3-11(12)13(21)25-10-7-5-9(6-8-10)20(23)24/h1-8H,(H,19,22). The number of carbonyl (C=O) groups excluding carboxylic acids is 2. The maximum atomic E-state index is 12.3. The first-order valence-electron chi connectivity index (χ1n) is 6.62. The molecule has 0 atom stereocenters. The third-order valence-electron chi connectivity index (χ3n) is 2.91. The number of hydrogen-bond donors (Lipinski definition) is 1. The van der Waals surface area contributed by atoms with Crippen molar-refractivity contribution in [1.29, 1.82) is 0 Å². The van der Waals surface area contributed by atoms with Crippen LogP contribution in [0, 0.1) is 10.1 Å². The summed E-state index contributed by atoms with van der Waals surface area (Å²) in [5.74, 6) is -3.32. The van der Waals surface area contributed by atoms with Crippen LogP contribution in [-0.4, -0.2) is 23.0 Å². The summed E-state index contributed by atoms with van der Waals surface area (Å²) in [6, 6.07) is 9.49. The van der Waals surface area contributed by atoms with Crippen molar-refractivity contribution in [2.45, 2.75) is 6.18 Å². The molecule has 0 unspecified atom stereocenters. The third-order valence-corrected chi connectivity index (χ3v) is 2.91. The molecule has 2 aromatic rings. The zero-order valence-corrected chi connectivity index (χ0v) is 12.2. The summed E-state index contributed by atoms with van der Waals surface area (Å²) in [4.78, 5) is 33.0. The van der Waals surface area contributed by atoms with Gasteiger partial charge in [0.2, 0.25) is 0 Å². The Morgan fingerprint density at radius 2 is 1.64 bits per heavy atom. The number of amides is 1. The van der Waals surface area contributed by atoms with Crippen LogP contribution in [0.5, 0.6) is 5.75 Å². The first kappa shape index (κ1) is 17.9. The molecular weight excluding hydrogens is 345 g/mol. The van der Waals surface area contributed by atoms with Crippen molar-refractivity contribution in [3.8, 4) is 5.75 Å². The minimum Gasteiger partial charge on any atom is -0.423 e. The molecule has 25 heavy (non-hydrogen) atoms. The van der Waals surface area contributed by atoms with Crippen LogP contribution >= 0.6 is 0 Å². The molecule has 0 aromatic heterocycles. The molecule has 0 spiro atoms. The maximum absolute atomic E-state index is 12.3. The van der Waals surface area contributed by atoms with E-state index in [9.17, 15) is 32.9 Å². The second kappa shape index (κ2) is 6.99. The van der Waals surface area contributed by atoms with Gasteiger partial charge in [-0.1, -0.05) is 12.1 Å². The number of anilines is 1. The molecule has 1 N–H and O–H groups in total. The molecule has 0 heterocycles. The molecule has 1 amide bonds. The van der Waals surface area contributed by atoms with Crippen molar-refractivity contribution >= 4 is 23.3 Å². The SMILES string of the molecule is O=C(Oc1ccc([N+](=O)[O-])cc1)c1ccccc1NC(=O)C(F)(F)F. The van der Waals surface area contributed by atoms with Gasteiger partial charge in [0.15, 0.2) is 0 Å². The lowest BCUT2D eigenvalue weighted by Crippen LogP contribution is -2.30. The van der Waals surface area contributed by atoms with Gasteiger partial charge >= 0.3 is 18.1 Å². The van der Waals surface area contributed by atoms with Crippen LogP contribution in [0.2, 0.25) is 0 Å². The number of nitro benzene ring substituents is 1. The number of nitro groups is 1. The molecule has 10 heteroatoms. The van der Waals surface area contributed by atoms with E-state index in [2.05, 4.69) is 0 Å². The first-order valence-corrected chi connectivity index (χ1v) is 6.62. The first-order chi connectivity index (χ1) is 11.7. The highest BCUT2D eigenvalue weighted by atomic mass is 19.4. The number of nitrogens with one attached hydrogen (secondary N) is 1. The maximum Gasteiger partial charge on any atom is 0.471 e. The van der Waals surface area contributed by atoms with E-state index in [4.69, 9.17) is 4.74 Å². The highest BCUT2D eigenvalue weighted by Gasteiger charge is 2.39. The second-order valence-corrected chi connectivity index (χ2v) is 4.64. The number of esters is 1. The topological polar surface area (TPSA) is 98.5 Å². The minimum atomic E-state index is -5.12. The van der Waals surface area contributed by atoms with Gasteiger partial charge in [-0.3, -0.25) is 14.9 Å². The Labute approximate surface area is 138 Å². The average Bonchev–Trinajstić information content (AvgIpc) is 2.54. The van der Waals surface area contributed by atoms with Crippen LogP contribution in [0.15, 0.2) is 48.5 Å². The molecule has 130 valence electrons. The highest BCUT2D eigenvalue weighted by molar-refractivity contribution is 6.03. The van der Waals surface area contributed by atoms with Crippen molar-refractivity contribution < 1.29 is 32.4 Å². The second-order valence-electron chi connectivity index (χ2n) is 4.64. The van der Waals surface area contributed by atoms with Crippen molar-refractivity contribution in [3.63, 3.8) is 0 Å². The number of non-ortho nitro benzene ring substituents is 1. The van der Waals surface area contributed by atoms with Gasteiger partial charge in [-0.15, -0.1) is 0 Å². The van der Waals surface area contributed by atoms with Crippen LogP contribution in [-0.2, 0) is 4.79 Å². The summed E-state index contributed by atoms with van der Waals surface area (Å²) in [5.41, 5.74) is -0.909. The minimum absolute atomic E-state index is 0.0486. The zero-order valence-electron chi connectivity index (χ0n) is 12.2. The van der Waals surface area contributed by atoms with Crippen LogP contribution < -0.4 is 10.1 Å². The monoisotopic (exact) mass is 354 g/mol. The summed E-state index contributed by atoms with van der Waals surface area (Å²) < 4.78 is 42.0. The van der Waals surface area contributed by atoms with Gasteiger partial charge in [-0.05, 0) is 24.3 Å².